The van der Waals surface area contributed by atoms with Crippen LogP contribution in [0, 0.1) is 6.92 Å². The first-order chi connectivity index (χ1) is 9.26. The van der Waals surface area contributed by atoms with Crippen molar-refractivity contribution < 1.29 is 4.74 Å². The van der Waals surface area contributed by atoms with E-state index in [1.807, 2.05) is 0 Å². The largest absolute Gasteiger partial charge is 0.379 e. The lowest BCUT2D eigenvalue weighted by molar-refractivity contribution is 0.0754. The van der Waals surface area contributed by atoms with Gasteiger partial charge in [0.15, 0.2) is 0 Å². The van der Waals surface area contributed by atoms with Crippen molar-refractivity contribution in [2.45, 2.75) is 44.2 Å². The van der Waals surface area contributed by atoms with Gasteiger partial charge in [-0.2, -0.15) is 0 Å². The van der Waals surface area contributed by atoms with Crippen LogP contribution in [0.25, 0.3) is 11.0 Å². The van der Waals surface area contributed by atoms with Crippen LogP contribution in [-0.4, -0.2) is 22.8 Å². The number of fused-ring (bicyclic) bond motifs is 1. The predicted octanol–water partition coefficient (Wildman–Crippen LogP) is 3.82. The molecule has 0 saturated heterocycles. The van der Waals surface area contributed by atoms with Gasteiger partial charge in [-0.25, -0.2) is 4.98 Å². The molecule has 2 aromatic rings. The Morgan fingerprint density at radius 2 is 2.26 bits per heavy atom. The maximum Gasteiger partial charge on any atom is 0.125 e. The maximum atomic E-state index is 6.10. The normalized spacial score (nSPS) is 23.3. The highest BCUT2D eigenvalue weighted by Crippen LogP contribution is 2.36. The van der Waals surface area contributed by atoms with E-state index >= 15 is 0 Å². The molecule has 0 aliphatic heterocycles. The van der Waals surface area contributed by atoms with Crippen LogP contribution in [0.4, 0.5) is 0 Å². The van der Waals surface area contributed by atoms with Crippen LogP contribution in [0.3, 0.4) is 0 Å². The fraction of sp³-hybridized carbons (Fsp3) is 0.533. The maximum absolute atomic E-state index is 6.10. The lowest BCUT2D eigenvalue weighted by Crippen LogP contribution is -2.22. The number of ether oxygens (including phenoxy) is 1. The summed E-state index contributed by atoms with van der Waals surface area (Å²) in [5.41, 5.74) is 3.51. The summed E-state index contributed by atoms with van der Waals surface area (Å²) < 4.78 is 7.96. The Balaban J connectivity index is 2.20. The molecule has 1 aliphatic rings. The van der Waals surface area contributed by atoms with Crippen molar-refractivity contribution in [3.63, 3.8) is 0 Å². The molecule has 0 spiro atoms. The molecule has 4 heteroatoms. The number of imidazole rings is 1. The number of hydrogen-bond donors (Lipinski definition) is 0. The minimum Gasteiger partial charge on any atom is -0.379 e. The zero-order valence-electron chi connectivity index (χ0n) is 11.4. The first-order valence-electron chi connectivity index (χ1n) is 6.81. The van der Waals surface area contributed by atoms with Gasteiger partial charge in [-0.15, -0.1) is 11.6 Å². The second-order valence-corrected chi connectivity index (χ2v) is 5.51. The summed E-state index contributed by atoms with van der Waals surface area (Å²) in [5, 5.41) is 0. The Bertz CT molecular complexity index is 593. The number of methoxy groups -OCH3 is 1. The number of aromatic nitrogens is 2. The molecule has 0 radical (unpaired) electrons. The standard InChI is InChI=1S/C15H19ClN2O/c1-10-5-3-6-11-15(10)18(14(9-16)17-11)12-7-4-8-13(12)19-2/h3,5-6,12-13H,4,7-9H2,1-2H3. The summed E-state index contributed by atoms with van der Waals surface area (Å²) >= 11 is 6.10. The molecule has 3 nitrogen and oxygen atoms in total. The fourth-order valence-electron chi connectivity index (χ4n) is 3.30. The summed E-state index contributed by atoms with van der Waals surface area (Å²) in [6.07, 6.45) is 3.74. The summed E-state index contributed by atoms with van der Waals surface area (Å²) in [6.45, 7) is 2.13. The molecule has 2 atom stereocenters. The van der Waals surface area contributed by atoms with Crippen molar-refractivity contribution in [3.05, 3.63) is 29.6 Å². The number of halogens is 1. The van der Waals surface area contributed by atoms with E-state index in [0.29, 0.717) is 11.9 Å². The highest BCUT2D eigenvalue weighted by atomic mass is 35.5. The van der Waals surface area contributed by atoms with Gasteiger partial charge in [-0.05, 0) is 37.8 Å². The molecule has 19 heavy (non-hydrogen) atoms. The number of rotatable bonds is 3. The van der Waals surface area contributed by atoms with Crippen LogP contribution in [0.2, 0.25) is 0 Å². The molecule has 1 fully saturated rings. The van der Waals surface area contributed by atoms with Crippen molar-refractivity contribution in [1.29, 1.82) is 0 Å². The van der Waals surface area contributed by atoms with E-state index in [-0.39, 0.29) is 6.10 Å². The van der Waals surface area contributed by atoms with E-state index in [4.69, 9.17) is 16.3 Å². The summed E-state index contributed by atoms with van der Waals surface area (Å²) in [6, 6.07) is 6.61. The Morgan fingerprint density at radius 1 is 1.42 bits per heavy atom. The van der Waals surface area contributed by atoms with Gasteiger partial charge in [0.05, 0.1) is 29.1 Å². The topological polar surface area (TPSA) is 27.1 Å². The molecule has 3 rings (SSSR count). The summed E-state index contributed by atoms with van der Waals surface area (Å²) in [4.78, 5) is 4.68. The first kappa shape index (κ1) is 12.9. The van der Waals surface area contributed by atoms with Crippen LogP contribution >= 0.6 is 11.6 Å². The molecule has 1 aromatic carbocycles. The lowest BCUT2D eigenvalue weighted by Gasteiger charge is -2.23. The van der Waals surface area contributed by atoms with E-state index in [0.717, 1.165) is 24.2 Å². The van der Waals surface area contributed by atoms with Gasteiger partial charge in [-0.3, -0.25) is 0 Å². The third-order valence-electron chi connectivity index (χ3n) is 4.16. The average Bonchev–Trinajstić information content (AvgIpc) is 3.01. The van der Waals surface area contributed by atoms with Gasteiger partial charge in [-0.1, -0.05) is 12.1 Å². The zero-order chi connectivity index (χ0) is 13.4. The molecule has 102 valence electrons. The van der Waals surface area contributed by atoms with Gasteiger partial charge in [0.1, 0.15) is 5.82 Å². The summed E-state index contributed by atoms with van der Waals surface area (Å²) in [7, 11) is 1.80. The van der Waals surface area contributed by atoms with Crippen molar-refractivity contribution in [2.24, 2.45) is 0 Å². The second kappa shape index (κ2) is 5.14. The quantitative estimate of drug-likeness (QED) is 0.798. The van der Waals surface area contributed by atoms with Gasteiger partial charge in [0.2, 0.25) is 0 Å². The van der Waals surface area contributed by atoms with E-state index in [2.05, 4.69) is 34.7 Å². The van der Waals surface area contributed by atoms with Crippen molar-refractivity contribution in [1.82, 2.24) is 9.55 Å². The van der Waals surface area contributed by atoms with Crippen LogP contribution in [-0.2, 0) is 10.6 Å². The Labute approximate surface area is 118 Å². The molecule has 1 saturated carbocycles. The molecule has 0 bridgehead atoms. The second-order valence-electron chi connectivity index (χ2n) is 5.25. The minimum atomic E-state index is 0.277. The molecule has 2 unspecified atom stereocenters. The molecular weight excluding hydrogens is 260 g/mol. The smallest absolute Gasteiger partial charge is 0.125 e. The fourth-order valence-corrected chi connectivity index (χ4v) is 3.49. The van der Waals surface area contributed by atoms with Crippen molar-refractivity contribution in [3.8, 4) is 0 Å². The third kappa shape index (κ3) is 2.05. The Morgan fingerprint density at radius 3 is 3.00 bits per heavy atom. The SMILES string of the molecule is COC1CCCC1n1c(CCl)nc2cccc(C)c21. The van der Waals surface area contributed by atoms with E-state index in [1.54, 1.807) is 7.11 Å². The highest BCUT2D eigenvalue weighted by Gasteiger charge is 2.31. The van der Waals surface area contributed by atoms with E-state index < -0.39 is 0 Å². The number of benzene rings is 1. The van der Waals surface area contributed by atoms with Crippen LogP contribution in [0.1, 0.15) is 36.7 Å². The van der Waals surface area contributed by atoms with Gasteiger partial charge >= 0.3 is 0 Å². The van der Waals surface area contributed by atoms with Gasteiger partial charge in [0.25, 0.3) is 0 Å². The molecule has 1 aromatic heterocycles. The highest BCUT2D eigenvalue weighted by molar-refractivity contribution is 6.16. The van der Waals surface area contributed by atoms with Crippen molar-refractivity contribution >= 4 is 22.6 Å². The number of nitrogens with zero attached hydrogens (tertiary/aromatic N) is 2. The molecule has 1 heterocycles. The van der Waals surface area contributed by atoms with Gasteiger partial charge in [0, 0.05) is 7.11 Å². The summed E-state index contributed by atoms with van der Waals surface area (Å²) in [5.74, 6) is 1.40. The number of para-hydroxylation sites is 1. The lowest BCUT2D eigenvalue weighted by atomic mass is 10.1. The Kier molecular flexibility index (Phi) is 3.50. The Hall–Kier alpha value is -1.06. The molecular formula is C15H19ClN2O. The van der Waals surface area contributed by atoms with Crippen LogP contribution in [0.15, 0.2) is 18.2 Å². The number of hydrogen-bond acceptors (Lipinski definition) is 2. The van der Waals surface area contributed by atoms with Crippen LogP contribution < -0.4 is 0 Å². The van der Waals surface area contributed by atoms with E-state index in [1.165, 1.54) is 17.5 Å². The molecule has 1 aliphatic carbocycles. The van der Waals surface area contributed by atoms with E-state index in [9.17, 15) is 0 Å². The third-order valence-corrected chi connectivity index (χ3v) is 4.40. The zero-order valence-corrected chi connectivity index (χ0v) is 12.2. The first-order valence-corrected chi connectivity index (χ1v) is 7.35. The average molecular weight is 279 g/mol. The minimum absolute atomic E-state index is 0.277. The predicted molar refractivity (Wildman–Crippen MR) is 77.7 cm³/mol. The molecule has 0 amide bonds. The van der Waals surface area contributed by atoms with Crippen molar-refractivity contribution in [2.75, 3.05) is 7.11 Å². The number of aryl methyl sites for hydroxylation is 1. The van der Waals surface area contributed by atoms with Crippen LogP contribution in [0.5, 0.6) is 0 Å². The monoisotopic (exact) mass is 278 g/mol. The number of alkyl halides is 1. The molecule has 0 N–H and O–H groups in total. The van der Waals surface area contributed by atoms with Gasteiger partial charge < -0.3 is 9.30 Å².